The van der Waals surface area contributed by atoms with Gasteiger partial charge in [0.15, 0.2) is 5.16 Å². The van der Waals surface area contributed by atoms with E-state index in [2.05, 4.69) is 26.9 Å². The van der Waals surface area contributed by atoms with E-state index in [1.165, 1.54) is 17.3 Å². The number of H-pyrrole nitrogens is 1. The molecule has 28 heavy (non-hydrogen) atoms. The number of hydrogen-bond donors (Lipinski definition) is 1. The first-order chi connectivity index (χ1) is 13.7. The number of nitrogens with one attached hydrogen (secondary N) is 1. The number of halogens is 1. The van der Waals surface area contributed by atoms with Crippen LogP contribution in [-0.2, 0) is 12.3 Å². The third-order valence-electron chi connectivity index (χ3n) is 4.89. The Labute approximate surface area is 170 Å². The molecule has 1 N–H and O–H groups in total. The number of fused-ring (bicyclic) bond motifs is 1. The largest absolute Gasteiger partial charge is 0.344 e. The number of benzene rings is 2. The Bertz CT molecular complexity index is 1190. The highest BCUT2D eigenvalue weighted by atomic mass is 35.5. The second-order valence-electron chi connectivity index (χ2n) is 6.93. The number of imidazole rings is 1. The molecule has 6 nitrogen and oxygen atoms in total. The molecule has 1 aliphatic rings. The van der Waals surface area contributed by atoms with Crippen molar-refractivity contribution in [2.45, 2.75) is 36.3 Å². The quantitative estimate of drug-likeness (QED) is 0.481. The molecule has 0 bridgehead atoms. The van der Waals surface area contributed by atoms with Crippen LogP contribution in [0.5, 0.6) is 0 Å². The maximum absolute atomic E-state index is 12.0. The number of thioether (sulfide) groups is 1. The molecule has 0 saturated heterocycles. The van der Waals surface area contributed by atoms with Crippen molar-refractivity contribution >= 4 is 34.4 Å². The highest BCUT2D eigenvalue weighted by molar-refractivity contribution is 7.98. The van der Waals surface area contributed by atoms with Crippen LogP contribution in [0.15, 0.2) is 58.5 Å². The van der Waals surface area contributed by atoms with Gasteiger partial charge >= 0.3 is 5.69 Å². The predicted octanol–water partition coefficient (Wildman–Crippen LogP) is 4.25. The molecule has 142 valence electrons. The summed E-state index contributed by atoms with van der Waals surface area (Å²) < 4.78 is 3.98. The molecule has 2 heterocycles. The molecule has 0 spiro atoms. The molecule has 1 saturated carbocycles. The van der Waals surface area contributed by atoms with Gasteiger partial charge in [-0.15, -0.1) is 5.10 Å². The Morgan fingerprint density at radius 3 is 2.79 bits per heavy atom. The van der Waals surface area contributed by atoms with E-state index in [4.69, 9.17) is 16.6 Å². The molecule has 4 aromatic rings. The fourth-order valence-corrected chi connectivity index (χ4v) is 4.51. The third kappa shape index (κ3) is 3.36. The molecule has 1 aliphatic carbocycles. The van der Waals surface area contributed by atoms with Crippen molar-refractivity contribution in [1.29, 1.82) is 0 Å². The van der Waals surface area contributed by atoms with E-state index < -0.39 is 0 Å². The number of hydrogen-bond acceptors (Lipinski definition) is 4. The first-order valence-corrected chi connectivity index (χ1v) is 10.5. The summed E-state index contributed by atoms with van der Waals surface area (Å²) in [6, 6.07) is 16.4. The predicted molar refractivity (Wildman–Crippen MR) is 111 cm³/mol. The van der Waals surface area contributed by atoms with E-state index >= 15 is 0 Å². The van der Waals surface area contributed by atoms with Crippen molar-refractivity contribution in [3.63, 3.8) is 0 Å². The van der Waals surface area contributed by atoms with Crippen LogP contribution in [0.4, 0.5) is 0 Å². The van der Waals surface area contributed by atoms with Crippen LogP contribution < -0.4 is 5.69 Å². The molecule has 0 amide bonds. The van der Waals surface area contributed by atoms with Crippen LogP contribution in [0.2, 0.25) is 5.02 Å². The Kier molecular flexibility index (Phi) is 4.49. The Morgan fingerprint density at radius 1 is 1.18 bits per heavy atom. The highest BCUT2D eigenvalue weighted by Gasteiger charge is 2.28. The monoisotopic (exact) mass is 411 g/mol. The van der Waals surface area contributed by atoms with Gasteiger partial charge in [-0.05, 0) is 36.6 Å². The molecule has 0 unspecified atom stereocenters. The topological polar surface area (TPSA) is 68.5 Å². The van der Waals surface area contributed by atoms with E-state index in [-0.39, 0.29) is 11.7 Å². The lowest BCUT2D eigenvalue weighted by atomic mass is 10.2. The zero-order valence-corrected chi connectivity index (χ0v) is 16.6. The van der Waals surface area contributed by atoms with E-state index in [1.54, 1.807) is 4.57 Å². The van der Waals surface area contributed by atoms with Gasteiger partial charge in [0.25, 0.3) is 0 Å². The molecule has 2 aromatic carbocycles. The standard InChI is InChI=1S/C20H18ClN5OS/c21-14-6-9-17-16(10-14)22-18(25(17)11-13-4-2-1-3-5-13)12-28-20-24-23-19(27)26(20)15-7-8-15/h1-6,9-10,15H,7-8,11-12H2,(H,23,27). The molecule has 8 heteroatoms. The van der Waals surface area contributed by atoms with Gasteiger partial charge in [0.2, 0.25) is 0 Å². The minimum Gasteiger partial charge on any atom is -0.323 e. The Hall–Kier alpha value is -2.51. The lowest BCUT2D eigenvalue weighted by Crippen LogP contribution is -2.16. The van der Waals surface area contributed by atoms with Crippen LogP contribution in [0.25, 0.3) is 11.0 Å². The summed E-state index contributed by atoms with van der Waals surface area (Å²) in [5, 5.41) is 8.18. The summed E-state index contributed by atoms with van der Waals surface area (Å²) >= 11 is 7.71. The van der Waals surface area contributed by atoms with Gasteiger partial charge in [0.05, 0.1) is 16.8 Å². The average Bonchev–Trinajstić information content (AvgIpc) is 3.39. The van der Waals surface area contributed by atoms with Crippen molar-refractivity contribution in [1.82, 2.24) is 24.3 Å². The van der Waals surface area contributed by atoms with Gasteiger partial charge in [0.1, 0.15) is 5.82 Å². The van der Waals surface area contributed by atoms with Crippen LogP contribution in [0.1, 0.15) is 30.3 Å². The number of aromatic nitrogens is 5. The van der Waals surface area contributed by atoms with Crippen molar-refractivity contribution in [3.8, 4) is 0 Å². The third-order valence-corrected chi connectivity index (χ3v) is 6.07. The lowest BCUT2D eigenvalue weighted by Gasteiger charge is -2.10. The summed E-state index contributed by atoms with van der Waals surface area (Å²) in [6.07, 6.45) is 2.08. The maximum atomic E-state index is 12.0. The highest BCUT2D eigenvalue weighted by Crippen LogP contribution is 2.36. The van der Waals surface area contributed by atoms with Crippen LogP contribution >= 0.6 is 23.4 Å². The summed E-state index contributed by atoms with van der Waals surface area (Å²) in [5.74, 6) is 1.56. The van der Waals surface area contributed by atoms with Gasteiger partial charge in [-0.25, -0.2) is 14.9 Å². The Morgan fingerprint density at radius 2 is 2.00 bits per heavy atom. The zero-order chi connectivity index (χ0) is 19.1. The van der Waals surface area contributed by atoms with Gasteiger partial charge in [-0.2, -0.15) is 0 Å². The average molecular weight is 412 g/mol. The van der Waals surface area contributed by atoms with Gasteiger partial charge in [-0.3, -0.25) is 4.57 Å². The van der Waals surface area contributed by atoms with Crippen molar-refractivity contribution in [2.75, 3.05) is 0 Å². The molecule has 0 atom stereocenters. The molecule has 0 radical (unpaired) electrons. The number of rotatable bonds is 6. The van der Waals surface area contributed by atoms with Gasteiger partial charge < -0.3 is 4.57 Å². The molecule has 2 aromatic heterocycles. The first-order valence-electron chi connectivity index (χ1n) is 9.17. The maximum Gasteiger partial charge on any atom is 0.344 e. The second kappa shape index (κ2) is 7.14. The minimum atomic E-state index is -0.130. The smallest absolute Gasteiger partial charge is 0.323 e. The van der Waals surface area contributed by atoms with E-state index in [9.17, 15) is 4.79 Å². The molecule has 0 aliphatic heterocycles. The summed E-state index contributed by atoms with van der Waals surface area (Å²) in [7, 11) is 0. The summed E-state index contributed by atoms with van der Waals surface area (Å²) in [5.41, 5.74) is 3.00. The first kappa shape index (κ1) is 17.6. The van der Waals surface area contributed by atoms with E-state index in [0.717, 1.165) is 41.4 Å². The SMILES string of the molecule is O=c1[nH]nc(SCc2nc3cc(Cl)ccc3n2Cc2ccccc2)n1C1CC1. The molecular weight excluding hydrogens is 394 g/mol. The summed E-state index contributed by atoms with van der Waals surface area (Å²) in [6.45, 7) is 0.727. The van der Waals surface area contributed by atoms with Crippen molar-refractivity contribution in [2.24, 2.45) is 0 Å². The van der Waals surface area contributed by atoms with E-state index in [0.29, 0.717) is 10.8 Å². The fourth-order valence-electron chi connectivity index (χ4n) is 3.38. The normalized spacial score (nSPS) is 14.0. The van der Waals surface area contributed by atoms with Crippen LogP contribution in [0, 0.1) is 0 Å². The molecular formula is C20H18ClN5OS. The molecule has 5 rings (SSSR count). The number of nitrogens with zero attached hydrogens (tertiary/aromatic N) is 4. The van der Waals surface area contributed by atoms with Gasteiger partial charge in [0, 0.05) is 17.6 Å². The van der Waals surface area contributed by atoms with E-state index in [1.807, 2.05) is 36.4 Å². The zero-order valence-electron chi connectivity index (χ0n) is 15.0. The number of aromatic amines is 1. The van der Waals surface area contributed by atoms with Crippen LogP contribution in [0.3, 0.4) is 0 Å². The van der Waals surface area contributed by atoms with Crippen molar-refractivity contribution < 1.29 is 0 Å². The second-order valence-corrected chi connectivity index (χ2v) is 8.31. The minimum absolute atomic E-state index is 0.130. The van der Waals surface area contributed by atoms with Crippen LogP contribution in [-0.4, -0.2) is 24.3 Å². The fraction of sp³-hybridized carbons (Fsp3) is 0.250. The van der Waals surface area contributed by atoms with Gasteiger partial charge in [-0.1, -0.05) is 53.7 Å². The molecule has 1 fully saturated rings. The van der Waals surface area contributed by atoms with Crippen molar-refractivity contribution in [3.05, 3.63) is 75.4 Å². The summed E-state index contributed by atoms with van der Waals surface area (Å²) in [4.78, 5) is 16.8. The Balaban J connectivity index is 1.49. The lowest BCUT2D eigenvalue weighted by molar-refractivity contribution is 0.642.